The van der Waals surface area contributed by atoms with Gasteiger partial charge < -0.3 is 5.32 Å². The van der Waals surface area contributed by atoms with Crippen LogP contribution in [0.1, 0.15) is 17.3 Å². The highest BCUT2D eigenvalue weighted by atomic mass is 16.1. The van der Waals surface area contributed by atoms with Crippen LogP contribution >= 0.6 is 0 Å². The van der Waals surface area contributed by atoms with Crippen LogP contribution in [0, 0.1) is 11.3 Å². The van der Waals surface area contributed by atoms with E-state index in [9.17, 15) is 4.79 Å². The Labute approximate surface area is 122 Å². The van der Waals surface area contributed by atoms with Gasteiger partial charge in [-0.2, -0.15) is 5.26 Å². The average molecular weight is 275 g/mol. The molecule has 0 aliphatic carbocycles. The molecule has 4 heteroatoms. The molecule has 0 unspecified atom stereocenters. The highest BCUT2D eigenvalue weighted by Gasteiger charge is 2.10. The van der Waals surface area contributed by atoms with Gasteiger partial charge in [-0.15, -0.1) is 0 Å². The summed E-state index contributed by atoms with van der Waals surface area (Å²) in [5.74, 6) is -0.0286. The van der Waals surface area contributed by atoms with Crippen molar-refractivity contribution in [3.8, 4) is 6.07 Å². The maximum atomic E-state index is 11.7. The van der Waals surface area contributed by atoms with Crippen molar-refractivity contribution in [1.82, 2.24) is 4.57 Å². The van der Waals surface area contributed by atoms with E-state index >= 15 is 0 Å². The number of anilines is 2. The predicted octanol–water partition coefficient (Wildman–Crippen LogP) is 3.92. The zero-order valence-electron chi connectivity index (χ0n) is 11.5. The molecule has 0 bridgehead atoms. The van der Waals surface area contributed by atoms with E-state index in [1.165, 1.54) is 6.92 Å². The summed E-state index contributed by atoms with van der Waals surface area (Å²) in [6, 6.07) is 17.0. The summed E-state index contributed by atoms with van der Waals surface area (Å²) in [6.07, 6.45) is 1.80. The highest BCUT2D eigenvalue weighted by Crippen LogP contribution is 2.28. The van der Waals surface area contributed by atoms with Crippen LogP contribution in [-0.2, 0) is 0 Å². The molecule has 3 aromatic rings. The number of hydrogen-bond acceptors (Lipinski definition) is 3. The first kappa shape index (κ1) is 12.9. The number of benzene rings is 2. The fourth-order valence-corrected chi connectivity index (χ4v) is 2.32. The van der Waals surface area contributed by atoms with Crippen molar-refractivity contribution in [2.75, 3.05) is 5.32 Å². The number of carbonyl (C=O) groups is 1. The average Bonchev–Trinajstić information content (AvgIpc) is 2.87. The second-order valence-electron chi connectivity index (χ2n) is 4.76. The fourth-order valence-electron chi connectivity index (χ4n) is 2.32. The molecule has 0 radical (unpaired) electrons. The Morgan fingerprint density at radius 3 is 2.52 bits per heavy atom. The maximum absolute atomic E-state index is 11.7. The highest BCUT2D eigenvalue weighted by molar-refractivity contribution is 6.00. The minimum absolute atomic E-state index is 0.0286. The number of aromatic nitrogens is 1. The van der Waals surface area contributed by atoms with Crippen molar-refractivity contribution in [3.63, 3.8) is 0 Å². The molecular weight excluding hydrogens is 262 g/mol. The van der Waals surface area contributed by atoms with Gasteiger partial charge in [0.25, 0.3) is 0 Å². The number of carbonyl (C=O) groups excluding carboxylic acids is 1. The molecule has 102 valence electrons. The third kappa shape index (κ3) is 2.37. The third-order valence-electron chi connectivity index (χ3n) is 3.34. The normalized spacial score (nSPS) is 10.3. The lowest BCUT2D eigenvalue weighted by atomic mass is 10.2. The van der Waals surface area contributed by atoms with Gasteiger partial charge in [-0.05, 0) is 30.3 Å². The van der Waals surface area contributed by atoms with Gasteiger partial charge in [0.1, 0.15) is 0 Å². The smallest absolute Gasteiger partial charge is 0.228 e. The number of fused-ring (bicyclic) bond motifs is 1. The molecular formula is C17H13N3O. The molecule has 21 heavy (non-hydrogen) atoms. The quantitative estimate of drug-likeness (QED) is 0.771. The van der Waals surface area contributed by atoms with E-state index in [-0.39, 0.29) is 5.91 Å². The van der Waals surface area contributed by atoms with Crippen molar-refractivity contribution < 1.29 is 4.79 Å². The molecule has 0 spiro atoms. The summed E-state index contributed by atoms with van der Waals surface area (Å²) in [5.41, 5.74) is 3.24. The van der Waals surface area contributed by atoms with Gasteiger partial charge in [-0.1, -0.05) is 18.2 Å². The Bertz CT molecular complexity index is 854. The summed E-state index contributed by atoms with van der Waals surface area (Å²) >= 11 is 0. The van der Waals surface area contributed by atoms with Gasteiger partial charge in [0.2, 0.25) is 5.91 Å². The van der Waals surface area contributed by atoms with Crippen LogP contribution in [0.4, 0.5) is 11.4 Å². The molecule has 1 aromatic heterocycles. The Balaban J connectivity index is 2.04. The summed E-state index contributed by atoms with van der Waals surface area (Å²) in [6.45, 7) is 1.54. The van der Waals surface area contributed by atoms with Crippen molar-refractivity contribution in [2.45, 2.75) is 6.92 Å². The number of nitrogens with zero attached hydrogens (tertiary/aromatic N) is 2. The predicted molar refractivity (Wildman–Crippen MR) is 82.7 cm³/mol. The number of rotatable bonds is 2. The van der Waals surface area contributed by atoms with Crippen LogP contribution < -0.4 is 5.32 Å². The summed E-state index contributed by atoms with van der Waals surface area (Å²) in [4.78, 5) is 11.7. The first-order chi connectivity index (χ1) is 10.2. The number of para-hydroxylation sites is 1. The van der Waals surface area contributed by atoms with Gasteiger partial charge in [-0.25, -0.2) is 0 Å². The SMILES string of the molecule is CC(=O)n1cc(Nc2ccc(C#N)cc2)c2ccccc21. The molecule has 0 amide bonds. The third-order valence-corrected chi connectivity index (χ3v) is 3.34. The Morgan fingerprint density at radius 2 is 1.86 bits per heavy atom. The zero-order valence-corrected chi connectivity index (χ0v) is 11.5. The fraction of sp³-hybridized carbons (Fsp3) is 0.0588. The summed E-state index contributed by atoms with van der Waals surface area (Å²) in [7, 11) is 0. The molecule has 0 aliphatic rings. The van der Waals surface area contributed by atoms with Gasteiger partial charge in [0.15, 0.2) is 0 Å². The van der Waals surface area contributed by atoms with E-state index in [4.69, 9.17) is 5.26 Å². The second-order valence-corrected chi connectivity index (χ2v) is 4.76. The topological polar surface area (TPSA) is 57.8 Å². The first-order valence-electron chi connectivity index (χ1n) is 6.57. The number of nitrogens with one attached hydrogen (secondary N) is 1. The van der Waals surface area contributed by atoms with Crippen molar-refractivity contribution in [2.24, 2.45) is 0 Å². The van der Waals surface area contributed by atoms with Gasteiger partial charge in [0, 0.05) is 24.2 Å². The van der Waals surface area contributed by atoms with E-state index in [0.29, 0.717) is 5.56 Å². The first-order valence-corrected chi connectivity index (χ1v) is 6.57. The van der Waals surface area contributed by atoms with E-state index < -0.39 is 0 Å². The summed E-state index contributed by atoms with van der Waals surface area (Å²) in [5, 5.41) is 13.1. The van der Waals surface area contributed by atoms with Crippen LogP contribution in [-0.4, -0.2) is 10.5 Å². The van der Waals surface area contributed by atoms with Crippen LogP contribution in [0.25, 0.3) is 10.9 Å². The molecule has 3 rings (SSSR count). The second kappa shape index (κ2) is 5.14. The molecule has 0 fully saturated rings. The number of hydrogen-bond donors (Lipinski definition) is 1. The minimum Gasteiger partial charge on any atom is -0.354 e. The zero-order chi connectivity index (χ0) is 14.8. The van der Waals surface area contributed by atoms with E-state index in [2.05, 4.69) is 11.4 Å². The molecule has 0 saturated heterocycles. The van der Waals surface area contributed by atoms with E-state index in [0.717, 1.165) is 22.3 Å². The standard InChI is InChI=1S/C17H13N3O/c1-12(21)20-11-16(15-4-2-3-5-17(15)20)19-14-8-6-13(10-18)7-9-14/h2-9,11,19H,1H3. The maximum Gasteiger partial charge on any atom is 0.228 e. The van der Waals surface area contributed by atoms with Crippen LogP contribution in [0.2, 0.25) is 0 Å². The lowest BCUT2D eigenvalue weighted by Gasteiger charge is -2.04. The Morgan fingerprint density at radius 1 is 1.14 bits per heavy atom. The Kier molecular flexibility index (Phi) is 3.17. The van der Waals surface area contributed by atoms with Crippen molar-refractivity contribution in [1.29, 1.82) is 5.26 Å². The van der Waals surface area contributed by atoms with Gasteiger partial charge in [0.05, 0.1) is 22.8 Å². The molecule has 0 saturated carbocycles. The van der Waals surface area contributed by atoms with Crippen molar-refractivity contribution >= 4 is 28.2 Å². The lowest BCUT2D eigenvalue weighted by Crippen LogP contribution is -2.02. The lowest BCUT2D eigenvalue weighted by molar-refractivity contribution is 0.0942. The van der Waals surface area contributed by atoms with Gasteiger partial charge >= 0.3 is 0 Å². The molecule has 1 N–H and O–H groups in total. The number of nitriles is 1. The molecule has 1 heterocycles. The molecule has 0 atom stereocenters. The molecule has 2 aromatic carbocycles. The summed E-state index contributed by atoms with van der Waals surface area (Å²) < 4.78 is 1.63. The monoisotopic (exact) mass is 275 g/mol. The molecule has 0 aliphatic heterocycles. The van der Waals surface area contributed by atoms with Crippen LogP contribution in [0.5, 0.6) is 0 Å². The minimum atomic E-state index is -0.0286. The van der Waals surface area contributed by atoms with E-state index in [1.54, 1.807) is 22.9 Å². The largest absolute Gasteiger partial charge is 0.354 e. The van der Waals surface area contributed by atoms with E-state index in [1.807, 2.05) is 36.4 Å². The van der Waals surface area contributed by atoms with Crippen LogP contribution in [0.15, 0.2) is 54.7 Å². The van der Waals surface area contributed by atoms with Gasteiger partial charge in [-0.3, -0.25) is 9.36 Å². The van der Waals surface area contributed by atoms with Crippen LogP contribution in [0.3, 0.4) is 0 Å². The Hall–Kier alpha value is -3.06. The van der Waals surface area contributed by atoms with Crippen molar-refractivity contribution in [3.05, 3.63) is 60.3 Å². The molecule has 4 nitrogen and oxygen atoms in total.